The molecule has 0 aromatic heterocycles. The van der Waals surface area contributed by atoms with Crippen molar-refractivity contribution in [3.05, 3.63) is 0 Å². The van der Waals surface area contributed by atoms with Gasteiger partial charge in [0, 0.05) is 12.6 Å². The summed E-state index contributed by atoms with van der Waals surface area (Å²) in [7, 11) is 0. The van der Waals surface area contributed by atoms with E-state index in [4.69, 9.17) is 5.11 Å². The Labute approximate surface area is 86.7 Å². The Morgan fingerprint density at radius 3 is 2.46 bits per heavy atom. The van der Waals surface area contributed by atoms with Crippen LogP contribution in [0.2, 0.25) is 0 Å². The summed E-state index contributed by atoms with van der Waals surface area (Å²) in [6.45, 7) is 2.25. The van der Waals surface area contributed by atoms with Crippen LogP contribution < -0.4 is 0 Å². The van der Waals surface area contributed by atoms with Crippen LogP contribution in [-0.4, -0.2) is 41.5 Å². The zero-order valence-electron chi connectivity index (χ0n) is 8.28. The molecule has 1 aliphatic carbocycles. The van der Waals surface area contributed by atoms with E-state index < -0.39 is 0 Å². The normalized spacial score (nSPS) is 18.7. The minimum atomic E-state index is 0.295. The van der Waals surface area contributed by atoms with E-state index in [2.05, 4.69) is 17.5 Å². The first-order chi connectivity index (χ1) is 6.38. The van der Waals surface area contributed by atoms with Crippen LogP contribution in [0.15, 0.2) is 0 Å². The minimum absolute atomic E-state index is 0.295. The fraction of sp³-hybridized carbons (Fsp3) is 1.00. The highest BCUT2D eigenvalue weighted by atomic mass is 32.1. The van der Waals surface area contributed by atoms with Crippen LogP contribution in [0.3, 0.4) is 0 Å². The van der Waals surface area contributed by atoms with Crippen LogP contribution >= 0.6 is 12.6 Å². The summed E-state index contributed by atoms with van der Waals surface area (Å²) in [5.74, 6) is 0.953. The van der Waals surface area contributed by atoms with Gasteiger partial charge < -0.3 is 5.11 Å². The van der Waals surface area contributed by atoms with Crippen molar-refractivity contribution in [2.45, 2.75) is 38.1 Å². The van der Waals surface area contributed by atoms with Crippen LogP contribution in [0.1, 0.15) is 32.1 Å². The van der Waals surface area contributed by atoms with E-state index in [0.29, 0.717) is 6.61 Å². The Bertz CT molecular complexity index is 126. The van der Waals surface area contributed by atoms with Crippen LogP contribution in [-0.2, 0) is 0 Å². The van der Waals surface area contributed by atoms with Crippen molar-refractivity contribution in [3.63, 3.8) is 0 Å². The van der Waals surface area contributed by atoms with Crippen LogP contribution in [0.5, 0.6) is 0 Å². The largest absolute Gasteiger partial charge is 0.395 e. The van der Waals surface area contributed by atoms with Gasteiger partial charge in [0.2, 0.25) is 0 Å². The third kappa shape index (κ3) is 3.88. The highest BCUT2D eigenvalue weighted by molar-refractivity contribution is 7.80. The Balaban J connectivity index is 2.26. The Hall–Kier alpha value is 0.270. The van der Waals surface area contributed by atoms with E-state index in [1.54, 1.807) is 0 Å². The lowest BCUT2D eigenvalue weighted by Gasteiger charge is -2.27. The molecule has 1 saturated carbocycles. The summed E-state index contributed by atoms with van der Waals surface area (Å²) in [5, 5.41) is 8.94. The lowest BCUT2D eigenvalue weighted by atomic mass is 10.2. The van der Waals surface area contributed by atoms with Gasteiger partial charge in [-0.15, -0.1) is 0 Å². The number of aliphatic hydroxyl groups is 1. The van der Waals surface area contributed by atoms with E-state index in [9.17, 15) is 0 Å². The quantitative estimate of drug-likeness (QED) is 0.640. The fourth-order valence-corrected chi connectivity index (χ4v) is 2.29. The first-order valence-electron chi connectivity index (χ1n) is 5.34. The molecule has 13 heavy (non-hydrogen) atoms. The number of thiol groups is 1. The molecule has 0 amide bonds. The predicted molar refractivity (Wildman–Crippen MR) is 59.4 cm³/mol. The monoisotopic (exact) mass is 203 g/mol. The standard InChI is InChI=1S/C10H21NOS/c12-8-7-11(6-3-9-13)10-4-1-2-5-10/h10,12-13H,1-9H2. The first-order valence-corrected chi connectivity index (χ1v) is 5.97. The molecule has 0 unspecified atom stereocenters. The summed E-state index contributed by atoms with van der Waals surface area (Å²) < 4.78 is 0. The number of hydrogen-bond acceptors (Lipinski definition) is 3. The molecule has 0 bridgehead atoms. The van der Waals surface area contributed by atoms with Crippen molar-refractivity contribution in [3.8, 4) is 0 Å². The van der Waals surface area contributed by atoms with Crippen molar-refractivity contribution in [1.29, 1.82) is 0 Å². The maximum Gasteiger partial charge on any atom is 0.0558 e. The molecule has 0 aromatic rings. The van der Waals surface area contributed by atoms with E-state index in [1.807, 2.05) is 0 Å². The molecule has 3 heteroatoms. The van der Waals surface area contributed by atoms with Gasteiger partial charge in [0.15, 0.2) is 0 Å². The maximum absolute atomic E-state index is 8.94. The second kappa shape index (κ2) is 6.68. The first kappa shape index (κ1) is 11.3. The highest BCUT2D eigenvalue weighted by Gasteiger charge is 2.21. The fourth-order valence-electron chi connectivity index (χ4n) is 2.15. The molecule has 0 heterocycles. The molecule has 0 aliphatic heterocycles. The molecule has 0 aromatic carbocycles. The summed E-state index contributed by atoms with van der Waals surface area (Å²) >= 11 is 4.22. The van der Waals surface area contributed by atoms with Gasteiger partial charge in [0.25, 0.3) is 0 Å². The number of nitrogens with zero attached hydrogens (tertiary/aromatic N) is 1. The predicted octanol–water partition coefficient (Wildman–Crippen LogP) is 1.54. The van der Waals surface area contributed by atoms with Crippen molar-refractivity contribution in [2.24, 2.45) is 0 Å². The molecule has 0 spiro atoms. The lowest BCUT2D eigenvalue weighted by Crippen LogP contribution is -2.36. The molecular formula is C10H21NOS. The number of aliphatic hydroxyl groups excluding tert-OH is 1. The highest BCUT2D eigenvalue weighted by Crippen LogP contribution is 2.23. The van der Waals surface area contributed by atoms with Gasteiger partial charge in [0.1, 0.15) is 0 Å². The Kier molecular flexibility index (Phi) is 5.83. The van der Waals surface area contributed by atoms with Crippen molar-refractivity contribution < 1.29 is 5.11 Å². The molecule has 2 nitrogen and oxygen atoms in total. The van der Waals surface area contributed by atoms with Crippen molar-refractivity contribution in [2.75, 3.05) is 25.4 Å². The minimum Gasteiger partial charge on any atom is -0.395 e. The van der Waals surface area contributed by atoms with E-state index >= 15 is 0 Å². The van der Waals surface area contributed by atoms with Crippen LogP contribution in [0.25, 0.3) is 0 Å². The van der Waals surface area contributed by atoms with Gasteiger partial charge >= 0.3 is 0 Å². The molecule has 1 aliphatic rings. The van der Waals surface area contributed by atoms with E-state index in [1.165, 1.54) is 25.7 Å². The Morgan fingerprint density at radius 2 is 1.92 bits per heavy atom. The number of rotatable bonds is 6. The second-order valence-corrected chi connectivity index (χ2v) is 4.22. The molecule has 78 valence electrons. The summed E-state index contributed by atoms with van der Waals surface area (Å²) in [6, 6.07) is 0.743. The molecule has 1 rings (SSSR count). The zero-order valence-corrected chi connectivity index (χ0v) is 9.18. The SMILES string of the molecule is OCCN(CCCS)C1CCCC1. The van der Waals surface area contributed by atoms with Crippen LogP contribution in [0, 0.1) is 0 Å². The maximum atomic E-state index is 8.94. The Morgan fingerprint density at radius 1 is 1.23 bits per heavy atom. The van der Waals surface area contributed by atoms with Gasteiger partial charge in [-0.05, 0) is 31.6 Å². The lowest BCUT2D eigenvalue weighted by molar-refractivity contribution is 0.152. The van der Waals surface area contributed by atoms with Crippen molar-refractivity contribution >= 4 is 12.6 Å². The number of hydrogen-bond donors (Lipinski definition) is 2. The third-order valence-corrected chi connectivity index (χ3v) is 3.15. The van der Waals surface area contributed by atoms with Gasteiger partial charge in [-0.2, -0.15) is 12.6 Å². The van der Waals surface area contributed by atoms with Gasteiger partial charge in [-0.3, -0.25) is 4.90 Å². The topological polar surface area (TPSA) is 23.5 Å². The summed E-state index contributed by atoms with van der Waals surface area (Å²) in [4.78, 5) is 2.43. The smallest absolute Gasteiger partial charge is 0.0558 e. The molecule has 0 radical (unpaired) electrons. The average Bonchev–Trinajstić information content (AvgIpc) is 2.65. The van der Waals surface area contributed by atoms with Crippen molar-refractivity contribution in [1.82, 2.24) is 4.90 Å². The van der Waals surface area contributed by atoms with E-state index in [0.717, 1.165) is 31.3 Å². The zero-order chi connectivity index (χ0) is 9.52. The molecule has 0 saturated heterocycles. The van der Waals surface area contributed by atoms with Gasteiger partial charge in [-0.25, -0.2) is 0 Å². The third-order valence-electron chi connectivity index (χ3n) is 2.83. The molecule has 1 fully saturated rings. The van der Waals surface area contributed by atoms with E-state index in [-0.39, 0.29) is 0 Å². The van der Waals surface area contributed by atoms with Gasteiger partial charge in [0.05, 0.1) is 6.61 Å². The molecule has 1 N–H and O–H groups in total. The second-order valence-electron chi connectivity index (χ2n) is 3.78. The van der Waals surface area contributed by atoms with Crippen LogP contribution in [0.4, 0.5) is 0 Å². The summed E-state index contributed by atoms with van der Waals surface area (Å²) in [5.41, 5.74) is 0. The summed E-state index contributed by atoms with van der Waals surface area (Å²) in [6.07, 6.45) is 6.53. The molecular weight excluding hydrogens is 182 g/mol. The van der Waals surface area contributed by atoms with Gasteiger partial charge in [-0.1, -0.05) is 12.8 Å². The molecule has 0 atom stereocenters. The average molecular weight is 203 g/mol.